The molecule has 0 bridgehead atoms. The summed E-state index contributed by atoms with van der Waals surface area (Å²) in [5.74, 6) is 0.933. The predicted octanol–water partition coefficient (Wildman–Crippen LogP) is 1.53. The van der Waals surface area contributed by atoms with E-state index in [4.69, 9.17) is 4.74 Å². The van der Waals surface area contributed by atoms with Gasteiger partial charge in [0.15, 0.2) is 0 Å². The Balaban J connectivity index is 1.69. The Kier molecular flexibility index (Phi) is 5.86. The van der Waals surface area contributed by atoms with E-state index >= 15 is 0 Å². The molecule has 1 unspecified atom stereocenters. The van der Waals surface area contributed by atoms with Gasteiger partial charge in [-0.15, -0.1) is 0 Å². The molecule has 2 fully saturated rings. The second-order valence-corrected chi connectivity index (χ2v) is 7.38. The number of ether oxygens (including phenoxy) is 1. The largest absolute Gasteiger partial charge is 0.383 e. The first-order valence-corrected chi connectivity index (χ1v) is 9.44. The fourth-order valence-corrected chi connectivity index (χ4v) is 4.05. The molecule has 1 spiro atoms. The van der Waals surface area contributed by atoms with Gasteiger partial charge in [-0.3, -0.25) is 9.59 Å². The summed E-state index contributed by atoms with van der Waals surface area (Å²) in [5.41, 5.74) is 0.544. The first-order valence-electron chi connectivity index (χ1n) is 9.44. The van der Waals surface area contributed by atoms with Crippen molar-refractivity contribution in [3.63, 3.8) is 0 Å². The van der Waals surface area contributed by atoms with Crippen molar-refractivity contribution in [2.75, 3.05) is 39.9 Å². The summed E-state index contributed by atoms with van der Waals surface area (Å²) in [6.07, 6.45) is 7.44. The summed E-state index contributed by atoms with van der Waals surface area (Å²) in [6.45, 7) is 5.32. The number of aryl methyl sites for hydroxylation is 1. The molecule has 142 valence electrons. The number of aromatic nitrogens is 2. The van der Waals surface area contributed by atoms with Crippen molar-refractivity contribution in [3.8, 4) is 0 Å². The zero-order valence-corrected chi connectivity index (χ0v) is 15.7. The van der Waals surface area contributed by atoms with Crippen LogP contribution in [0.2, 0.25) is 0 Å². The standard InChI is InChI=1S/C19H28N4O3/c1-3-16-20-11-15(12-21-16)18(25)23-8-4-6-19(14-23)7-5-17(24)22(13-19)9-10-26-2/h11-12H,3-10,13-14H2,1-2H3. The quantitative estimate of drug-likeness (QED) is 0.796. The highest BCUT2D eigenvalue weighted by Gasteiger charge is 2.42. The number of carbonyl (C=O) groups excluding carboxylic acids is 2. The number of hydrogen-bond donors (Lipinski definition) is 0. The molecule has 0 aromatic carbocycles. The normalized spacial score (nSPS) is 23.5. The molecule has 3 heterocycles. The fourth-order valence-electron chi connectivity index (χ4n) is 4.05. The van der Waals surface area contributed by atoms with E-state index < -0.39 is 0 Å². The van der Waals surface area contributed by atoms with Gasteiger partial charge >= 0.3 is 0 Å². The van der Waals surface area contributed by atoms with Crippen LogP contribution in [-0.4, -0.2) is 71.5 Å². The molecule has 1 aromatic heterocycles. The first-order chi connectivity index (χ1) is 12.6. The highest BCUT2D eigenvalue weighted by molar-refractivity contribution is 5.93. The van der Waals surface area contributed by atoms with E-state index in [1.165, 1.54) is 0 Å². The lowest BCUT2D eigenvalue weighted by Gasteiger charge is -2.48. The van der Waals surface area contributed by atoms with Crippen molar-refractivity contribution in [2.24, 2.45) is 5.41 Å². The molecule has 26 heavy (non-hydrogen) atoms. The Bertz CT molecular complexity index is 649. The highest BCUT2D eigenvalue weighted by Crippen LogP contribution is 2.39. The first kappa shape index (κ1) is 18.8. The van der Waals surface area contributed by atoms with Gasteiger partial charge in [0.1, 0.15) is 5.82 Å². The molecule has 2 aliphatic rings. The van der Waals surface area contributed by atoms with Crippen LogP contribution in [0.25, 0.3) is 0 Å². The number of piperidine rings is 2. The van der Waals surface area contributed by atoms with E-state index in [0.29, 0.717) is 38.2 Å². The molecule has 1 atom stereocenters. The summed E-state index contributed by atoms with van der Waals surface area (Å²) < 4.78 is 5.13. The number of rotatable bonds is 5. The number of likely N-dealkylation sites (tertiary alicyclic amines) is 2. The summed E-state index contributed by atoms with van der Waals surface area (Å²) in [4.78, 5) is 37.4. The third-order valence-corrected chi connectivity index (χ3v) is 5.53. The Morgan fingerprint density at radius 2 is 2.04 bits per heavy atom. The van der Waals surface area contributed by atoms with Crippen LogP contribution in [-0.2, 0) is 16.0 Å². The van der Waals surface area contributed by atoms with Crippen LogP contribution in [0.4, 0.5) is 0 Å². The molecule has 2 aliphatic heterocycles. The molecular weight excluding hydrogens is 332 g/mol. The lowest BCUT2D eigenvalue weighted by Crippen LogP contribution is -2.55. The summed E-state index contributed by atoms with van der Waals surface area (Å²) >= 11 is 0. The molecule has 0 radical (unpaired) electrons. The molecule has 0 saturated carbocycles. The highest BCUT2D eigenvalue weighted by atomic mass is 16.5. The van der Waals surface area contributed by atoms with Crippen LogP contribution >= 0.6 is 0 Å². The molecule has 0 aliphatic carbocycles. The minimum absolute atomic E-state index is 0.000220. The maximum Gasteiger partial charge on any atom is 0.257 e. The zero-order chi connectivity index (χ0) is 18.6. The van der Waals surface area contributed by atoms with Gasteiger partial charge in [0.25, 0.3) is 5.91 Å². The topological polar surface area (TPSA) is 75.6 Å². The van der Waals surface area contributed by atoms with Crippen molar-refractivity contribution < 1.29 is 14.3 Å². The van der Waals surface area contributed by atoms with E-state index in [9.17, 15) is 9.59 Å². The van der Waals surface area contributed by atoms with E-state index in [1.807, 2.05) is 16.7 Å². The Morgan fingerprint density at radius 1 is 1.27 bits per heavy atom. The lowest BCUT2D eigenvalue weighted by atomic mass is 9.73. The van der Waals surface area contributed by atoms with Crippen LogP contribution in [0.5, 0.6) is 0 Å². The van der Waals surface area contributed by atoms with Crippen molar-refractivity contribution in [1.29, 1.82) is 0 Å². The van der Waals surface area contributed by atoms with Crippen LogP contribution in [0.1, 0.15) is 48.8 Å². The number of amides is 2. The fraction of sp³-hybridized carbons (Fsp3) is 0.684. The maximum absolute atomic E-state index is 12.9. The second kappa shape index (κ2) is 8.12. The lowest BCUT2D eigenvalue weighted by molar-refractivity contribution is -0.139. The molecule has 0 N–H and O–H groups in total. The van der Waals surface area contributed by atoms with Crippen molar-refractivity contribution in [2.45, 2.75) is 39.0 Å². The van der Waals surface area contributed by atoms with Gasteiger partial charge in [0, 0.05) is 63.9 Å². The van der Waals surface area contributed by atoms with E-state index in [-0.39, 0.29) is 17.2 Å². The molecule has 7 heteroatoms. The monoisotopic (exact) mass is 360 g/mol. The van der Waals surface area contributed by atoms with Gasteiger partial charge in [0.2, 0.25) is 5.91 Å². The zero-order valence-electron chi connectivity index (χ0n) is 15.7. The molecular formula is C19H28N4O3. The number of nitrogens with zero attached hydrogens (tertiary/aromatic N) is 4. The Morgan fingerprint density at radius 3 is 2.73 bits per heavy atom. The second-order valence-electron chi connectivity index (χ2n) is 7.38. The molecule has 3 rings (SSSR count). The maximum atomic E-state index is 12.9. The average Bonchev–Trinajstić information content (AvgIpc) is 2.68. The van der Waals surface area contributed by atoms with Crippen LogP contribution < -0.4 is 0 Å². The van der Waals surface area contributed by atoms with E-state index in [1.54, 1.807) is 19.5 Å². The van der Waals surface area contributed by atoms with Crippen molar-refractivity contribution in [1.82, 2.24) is 19.8 Å². The van der Waals surface area contributed by atoms with Crippen LogP contribution in [0.15, 0.2) is 12.4 Å². The molecule has 1 aromatic rings. The van der Waals surface area contributed by atoms with E-state index in [2.05, 4.69) is 9.97 Å². The van der Waals surface area contributed by atoms with Gasteiger partial charge in [-0.2, -0.15) is 0 Å². The van der Waals surface area contributed by atoms with Gasteiger partial charge in [-0.1, -0.05) is 6.92 Å². The van der Waals surface area contributed by atoms with Crippen LogP contribution in [0, 0.1) is 5.41 Å². The minimum atomic E-state index is -0.00734. The van der Waals surface area contributed by atoms with Gasteiger partial charge < -0.3 is 14.5 Å². The number of hydrogen-bond acceptors (Lipinski definition) is 5. The van der Waals surface area contributed by atoms with Crippen molar-refractivity contribution >= 4 is 11.8 Å². The van der Waals surface area contributed by atoms with Gasteiger partial charge in [0.05, 0.1) is 12.2 Å². The third-order valence-electron chi connectivity index (χ3n) is 5.53. The molecule has 2 amide bonds. The minimum Gasteiger partial charge on any atom is -0.383 e. The molecule has 2 saturated heterocycles. The third kappa shape index (κ3) is 4.03. The molecule has 7 nitrogen and oxygen atoms in total. The van der Waals surface area contributed by atoms with Crippen LogP contribution in [0.3, 0.4) is 0 Å². The smallest absolute Gasteiger partial charge is 0.257 e. The van der Waals surface area contributed by atoms with E-state index in [0.717, 1.165) is 38.1 Å². The Labute approximate surface area is 154 Å². The van der Waals surface area contributed by atoms with Crippen molar-refractivity contribution in [3.05, 3.63) is 23.8 Å². The predicted molar refractivity (Wildman–Crippen MR) is 96.7 cm³/mol. The number of methoxy groups -OCH3 is 1. The van der Waals surface area contributed by atoms with Gasteiger partial charge in [-0.25, -0.2) is 9.97 Å². The SMILES string of the molecule is CCc1ncc(C(=O)N2CCCC3(CCC(=O)N(CCOC)C3)C2)cn1. The number of carbonyl (C=O) groups is 2. The summed E-state index contributed by atoms with van der Waals surface area (Å²) in [6, 6.07) is 0. The summed E-state index contributed by atoms with van der Waals surface area (Å²) in [5, 5.41) is 0. The Hall–Kier alpha value is -2.02. The average molecular weight is 360 g/mol. The van der Waals surface area contributed by atoms with Gasteiger partial charge in [-0.05, 0) is 19.3 Å². The summed E-state index contributed by atoms with van der Waals surface area (Å²) in [7, 11) is 1.65.